The van der Waals surface area contributed by atoms with Gasteiger partial charge >= 0.3 is 0 Å². The summed E-state index contributed by atoms with van der Waals surface area (Å²) in [4.78, 5) is 22.5. The van der Waals surface area contributed by atoms with Crippen molar-refractivity contribution >= 4 is 17.4 Å². The lowest BCUT2D eigenvalue weighted by molar-refractivity contribution is -0.130. The van der Waals surface area contributed by atoms with Crippen molar-refractivity contribution in [1.29, 1.82) is 0 Å². The Morgan fingerprint density at radius 3 is 2.70 bits per heavy atom. The number of hydrogen-bond donors (Lipinski definition) is 1. The minimum atomic E-state index is 0.122. The fraction of sp³-hybridized carbons (Fsp3) is 0.292. The number of anilines is 2. The fourth-order valence-electron chi connectivity index (χ4n) is 3.72. The molecule has 1 aromatic carbocycles. The monoisotopic (exact) mass is 402 g/mol. The first kappa shape index (κ1) is 19.9. The van der Waals surface area contributed by atoms with Gasteiger partial charge in [-0.15, -0.1) is 0 Å². The highest BCUT2D eigenvalue weighted by molar-refractivity contribution is 5.73. The van der Waals surface area contributed by atoms with E-state index >= 15 is 0 Å². The molecule has 30 heavy (non-hydrogen) atoms. The molecule has 0 spiro atoms. The molecule has 1 saturated heterocycles. The number of ether oxygens (including phenoxy) is 1. The number of benzene rings is 1. The molecule has 6 nitrogen and oxygen atoms in total. The summed E-state index contributed by atoms with van der Waals surface area (Å²) in [6, 6.07) is 15.7. The molecule has 1 N–H and O–H groups in total. The average molecular weight is 402 g/mol. The molecule has 0 aliphatic carbocycles. The van der Waals surface area contributed by atoms with Crippen molar-refractivity contribution < 1.29 is 9.53 Å². The summed E-state index contributed by atoms with van der Waals surface area (Å²) < 4.78 is 6.12. The first-order valence-corrected chi connectivity index (χ1v) is 10.3. The third kappa shape index (κ3) is 4.76. The van der Waals surface area contributed by atoms with Crippen LogP contribution >= 0.6 is 0 Å². The average Bonchev–Trinajstić information content (AvgIpc) is 2.77. The Kier molecular flexibility index (Phi) is 5.93. The third-order valence-electron chi connectivity index (χ3n) is 5.36. The summed E-state index contributed by atoms with van der Waals surface area (Å²) in [7, 11) is 0. The zero-order valence-electron chi connectivity index (χ0n) is 17.3. The molecule has 1 amide bonds. The summed E-state index contributed by atoms with van der Waals surface area (Å²) >= 11 is 0. The van der Waals surface area contributed by atoms with Gasteiger partial charge in [0, 0.05) is 49.6 Å². The van der Waals surface area contributed by atoms with Crippen molar-refractivity contribution in [1.82, 2.24) is 14.9 Å². The highest BCUT2D eigenvalue weighted by Gasteiger charge is 2.25. The van der Waals surface area contributed by atoms with E-state index in [-0.39, 0.29) is 11.8 Å². The number of amides is 1. The van der Waals surface area contributed by atoms with Gasteiger partial charge in [-0.05, 0) is 61.7 Å². The standard InChI is InChI=1S/C24H26N4O2/c1-17-7-12-23(26-15-17)27-20-8-10-21(11-9-20)30-24-22(6-3-13-25-24)19-5-4-14-28(16-19)18(2)29/h3,6-13,15,19H,4-5,14,16H2,1-2H3,(H,26,27)/t19-/m1/s1. The second-order valence-corrected chi connectivity index (χ2v) is 7.67. The summed E-state index contributed by atoms with van der Waals surface area (Å²) in [5, 5.41) is 3.28. The Bertz CT molecular complexity index is 1000. The van der Waals surface area contributed by atoms with Crippen molar-refractivity contribution in [2.24, 2.45) is 0 Å². The van der Waals surface area contributed by atoms with E-state index < -0.39 is 0 Å². The number of nitrogens with zero attached hydrogens (tertiary/aromatic N) is 3. The number of aromatic nitrogens is 2. The van der Waals surface area contributed by atoms with Gasteiger partial charge in [0.2, 0.25) is 11.8 Å². The highest BCUT2D eigenvalue weighted by atomic mass is 16.5. The number of piperidine rings is 1. The van der Waals surface area contributed by atoms with Crippen LogP contribution in [0.3, 0.4) is 0 Å². The van der Waals surface area contributed by atoms with Gasteiger partial charge in [-0.1, -0.05) is 12.1 Å². The zero-order chi connectivity index (χ0) is 20.9. The van der Waals surface area contributed by atoms with Crippen LogP contribution in [0.1, 0.15) is 36.8 Å². The van der Waals surface area contributed by atoms with Gasteiger partial charge in [-0.2, -0.15) is 0 Å². The van der Waals surface area contributed by atoms with Crippen molar-refractivity contribution in [3.8, 4) is 11.6 Å². The number of aryl methyl sites for hydroxylation is 1. The normalized spacial score (nSPS) is 16.2. The van der Waals surface area contributed by atoms with E-state index in [9.17, 15) is 4.79 Å². The maximum absolute atomic E-state index is 11.8. The Morgan fingerprint density at radius 1 is 1.13 bits per heavy atom. The molecule has 154 valence electrons. The molecule has 1 aliphatic rings. The molecule has 0 bridgehead atoms. The minimum Gasteiger partial charge on any atom is -0.439 e. The number of nitrogens with one attached hydrogen (secondary N) is 1. The smallest absolute Gasteiger partial charge is 0.222 e. The summed E-state index contributed by atoms with van der Waals surface area (Å²) in [6.45, 7) is 5.18. The van der Waals surface area contributed by atoms with Crippen LogP contribution in [-0.2, 0) is 4.79 Å². The van der Waals surface area contributed by atoms with Crippen LogP contribution in [-0.4, -0.2) is 33.9 Å². The maximum Gasteiger partial charge on any atom is 0.222 e. The topological polar surface area (TPSA) is 67.4 Å². The molecule has 6 heteroatoms. The molecular formula is C24H26N4O2. The van der Waals surface area contributed by atoms with Gasteiger partial charge < -0.3 is 15.0 Å². The third-order valence-corrected chi connectivity index (χ3v) is 5.36. The van der Waals surface area contributed by atoms with Gasteiger partial charge in [0.25, 0.3) is 0 Å². The molecule has 4 rings (SSSR count). The summed E-state index contributed by atoms with van der Waals surface area (Å²) in [5.41, 5.74) is 3.11. The van der Waals surface area contributed by atoms with E-state index in [0.717, 1.165) is 47.8 Å². The van der Waals surface area contributed by atoms with Crippen LogP contribution in [0.25, 0.3) is 0 Å². The van der Waals surface area contributed by atoms with Gasteiger partial charge in [-0.3, -0.25) is 4.79 Å². The minimum absolute atomic E-state index is 0.122. The van der Waals surface area contributed by atoms with Gasteiger partial charge in [-0.25, -0.2) is 9.97 Å². The summed E-state index contributed by atoms with van der Waals surface area (Å²) in [5.74, 6) is 2.48. The predicted octanol–water partition coefficient (Wildman–Crippen LogP) is 5.05. The molecule has 0 saturated carbocycles. The van der Waals surface area contributed by atoms with Crippen LogP contribution in [0.4, 0.5) is 11.5 Å². The van der Waals surface area contributed by atoms with Crippen molar-refractivity contribution in [3.63, 3.8) is 0 Å². The number of carbonyl (C=O) groups is 1. The van der Waals surface area contributed by atoms with E-state index in [1.165, 1.54) is 0 Å². The second kappa shape index (κ2) is 8.95. The van der Waals surface area contributed by atoms with Crippen molar-refractivity contribution in [2.45, 2.75) is 32.6 Å². The van der Waals surface area contributed by atoms with Crippen molar-refractivity contribution in [2.75, 3.05) is 18.4 Å². The van der Waals surface area contributed by atoms with Crippen LogP contribution in [0, 0.1) is 6.92 Å². The molecule has 0 radical (unpaired) electrons. The van der Waals surface area contributed by atoms with E-state index in [2.05, 4.69) is 21.4 Å². The molecule has 0 unspecified atom stereocenters. The Balaban J connectivity index is 1.47. The molecule has 1 aliphatic heterocycles. The Hall–Kier alpha value is -3.41. The van der Waals surface area contributed by atoms with Crippen LogP contribution in [0.15, 0.2) is 60.9 Å². The summed E-state index contributed by atoms with van der Waals surface area (Å²) in [6.07, 6.45) is 5.59. The number of hydrogen-bond acceptors (Lipinski definition) is 5. The Morgan fingerprint density at radius 2 is 1.97 bits per heavy atom. The predicted molar refractivity (Wildman–Crippen MR) is 117 cm³/mol. The number of likely N-dealkylation sites (tertiary alicyclic amines) is 1. The first-order valence-electron chi connectivity index (χ1n) is 10.3. The second-order valence-electron chi connectivity index (χ2n) is 7.67. The van der Waals surface area contributed by atoms with Crippen LogP contribution < -0.4 is 10.1 Å². The van der Waals surface area contributed by atoms with E-state index in [1.807, 2.05) is 60.5 Å². The molecule has 3 heterocycles. The molecular weight excluding hydrogens is 376 g/mol. The number of rotatable bonds is 5. The molecule has 1 fully saturated rings. The lowest BCUT2D eigenvalue weighted by Gasteiger charge is -2.32. The SMILES string of the molecule is CC(=O)N1CCC[C@@H](c2cccnc2Oc2ccc(Nc3ccc(C)cn3)cc2)C1. The quantitative estimate of drug-likeness (QED) is 0.647. The van der Waals surface area contributed by atoms with E-state index in [1.54, 1.807) is 13.1 Å². The molecule has 1 atom stereocenters. The maximum atomic E-state index is 11.8. The van der Waals surface area contributed by atoms with Crippen LogP contribution in [0.5, 0.6) is 11.6 Å². The van der Waals surface area contributed by atoms with Gasteiger partial charge in [0.15, 0.2) is 0 Å². The molecule has 2 aromatic heterocycles. The first-order chi connectivity index (χ1) is 14.6. The lowest BCUT2D eigenvalue weighted by Crippen LogP contribution is -2.37. The van der Waals surface area contributed by atoms with Gasteiger partial charge in [0.1, 0.15) is 11.6 Å². The zero-order valence-corrected chi connectivity index (χ0v) is 17.3. The largest absolute Gasteiger partial charge is 0.439 e. The fourth-order valence-corrected chi connectivity index (χ4v) is 3.72. The van der Waals surface area contributed by atoms with E-state index in [4.69, 9.17) is 4.74 Å². The van der Waals surface area contributed by atoms with Crippen molar-refractivity contribution in [3.05, 3.63) is 72.1 Å². The van der Waals surface area contributed by atoms with Crippen LogP contribution in [0.2, 0.25) is 0 Å². The lowest BCUT2D eigenvalue weighted by atomic mass is 9.91. The van der Waals surface area contributed by atoms with E-state index in [0.29, 0.717) is 12.4 Å². The Labute approximate surface area is 176 Å². The molecule has 3 aromatic rings. The highest BCUT2D eigenvalue weighted by Crippen LogP contribution is 2.34. The van der Waals surface area contributed by atoms with Gasteiger partial charge in [0.05, 0.1) is 0 Å². The number of pyridine rings is 2. The number of carbonyl (C=O) groups excluding carboxylic acids is 1.